The number of nitrogens with zero attached hydrogens (tertiary/aromatic N) is 4. The molecule has 1 aliphatic carbocycles. The smallest absolute Gasteiger partial charge is 0.306 e. The molecule has 2 heterocycles. The lowest BCUT2D eigenvalue weighted by Gasteiger charge is -2.22. The summed E-state index contributed by atoms with van der Waals surface area (Å²) >= 11 is 0. The second-order valence-corrected chi connectivity index (χ2v) is 5.20. The van der Waals surface area contributed by atoms with Gasteiger partial charge in [-0.05, 0) is 31.7 Å². The number of fused-ring (bicyclic) bond motifs is 1. The van der Waals surface area contributed by atoms with Crippen LogP contribution in [-0.4, -0.2) is 30.6 Å². The Hall–Kier alpha value is -2.24. The third-order valence-corrected chi connectivity index (χ3v) is 3.85. The molecule has 3 rings (SSSR count). The molecule has 0 bridgehead atoms. The van der Waals surface area contributed by atoms with Crippen molar-refractivity contribution in [2.75, 3.05) is 0 Å². The van der Waals surface area contributed by atoms with Gasteiger partial charge in [0, 0.05) is 30.8 Å². The first-order valence-corrected chi connectivity index (χ1v) is 6.63. The average molecular weight is 272 g/mol. The molecule has 104 valence electrons. The molecular weight excluding hydrogens is 256 g/mol. The molecule has 0 saturated carbocycles. The Morgan fingerprint density at radius 2 is 2.25 bits per heavy atom. The van der Waals surface area contributed by atoms with Crippen LogP contribution in [0.2, 0.25) is 0 Å². The van der Waals surface area contributed by atoms with Crippen LogP contribution in [-0.2, 0) is 24.7 Å². The third kappa shape index (κ3) is 2.07. The predicted molar refractivity (Wildman–Crippen MR) is 72.1 cm³/mol. The highest BCUT2D eigenvalue weighted by atomic mass is 16.4. The molecule has 2 aromatic rings. The molecule has 0 spiro atoms. The van der Waals surface area contributed by atoms with E-state index in [1.54, 1.807) is 6.20 Å². The number of rotatable bonds is 2. The summed E-state index contributed by atoms with van der Waals surface area (Å²) in [6, 6.07) is 0. The molecule has 1 N–H and O–H groups in total. The number of hydrogen-bond acceptors (Lipinski definition) is 4. The fourth-order valence-corrected chi connectivity index (χ4v) is 2.68. The minimum Gasteiger partial charge on any atom is -0.481 e. The summed E-state index contributed by atoms with van der Waals surface area (Å²) in [6.45, 7) is 1.91. The van der Waals surface area contributed by atoms with Crippen molar-refractivity contribution in [2.24, 2.45) is 13.0 Å². The summed E-state index contributed by atoms with van der Waals surface area (Å²) in [5.74, 6) is 0.297. The normalized spacial score (nSPS) is 17.8. The maximum Gasteiger partial charge on any atom is 0.306 e. The summed E-state index contributed by atoms with van der Waals surface area (Å²) in [5, 5.41) is 9.14. The molecule has 0 radical (unpaired) electrons. The molecule has 6 nitrogen and oxygen atoms in total. The Kier molecular flexibility index (Phi) is 3.00. The van der Waals surface area contributed by atoms with E-state index in [0.29, 0.717) is 25.1 Å². The first-order chi connectivity index (χ1) is 9.56. The number of aliphatic carboxylic acids is 1. The van der Waals surface area contributed by atoms with Crippen LogP contribution >= 0.6 is 0 Å². The Balaban J connectivity index is 2.03. The van der Waals surface area contributed by atoms with Gasteiger partial charge in [-0.1, -0.05) is 0 Å². The topological polar surface area (TPSA) is 80.9 Å². The molecule has 6 heteroatoms. The zero-order valence-electron chi connectivity index (χ0n) is 11.5. The molecule has 0 fully saturated rings. The van der Waals surface area contributed by atoms with Crippen LogP contribution in [0.25, 0.3) is 11.6 Å². The lowest BCUT2D eigenvalue weighted by molar-refractivity contribution is -0.142. The van der Waals surface area contributed by atoms with Crippen molar-refractivity contribution in [1.29, 1.82) is 0 Å². The van der Waals surface area contributed by atoms with Crippen LogP contribution < -0.4 is 0 Å². The molecule has 0 amide bonds. The molecule has 0 aliphatic heterocycles. The van der Waals surface area contributed by atoms with Crippen molar-refractivity contribution < 1.29 is 9.90 Å². The minimum absolute atomic E-state index is 0.316. The van der Waals surface area contributed by atoms with Crippen molar-refractivity contribution in [2.45, 2.75) is 26.2 Å². The van der Waals surface area contributed by atoms with E-state index in [-0.39, 0.29) is 5.92 Å². The number of carboxylic acids is 1. The third-order valence-electron chi connectivity index (χ3n) is 3.85. The van der Waals surface area contributed by atoms with Crippen molar-refractivity contribution in [3.05, 3.63) is 29.3 Å². The van der Waals surface area contributed by atoms with Crippen molar-refractivity contribution in [3.8, 4) is 11.6 Å². The maximum atomic E-state index is 11.1. The van der Waals surface area contributed by atoms with Gasteiger partial charge in [-0.2, -0.15) is 0 Å². The van der Waals surface area contributed by atoms with Crippen LogP contribution in [0.5, 0.6) is 0 Å². The number of hydrogen-bond donors (Lipinski definition) is 1. The van der Waals surface area contributed by atoms with Gasteiger partial charge in [0.1, 0.15) is 0 Å². The standard InChI is InChI=1S/C14H16N4O2/c1-8-10-7-9(14(19)20)3-4-11(10)17-12(16-8)13-15-5-6-18(13)2/h5-6,9H,3-4,7H2,1-2H3,(H,19,20). The van der Waals surface area contributed by atoms with E-state index >= 15 is 0 Å². The molecule has 1 unspecified atom stereocenters. The monoisotopic (exact) mass is 272 g/mol. The van der Waals surface area contributed by atoms with Crippen LogP contribution in [0, 0.1) is 12.8 Å². The minimum atomic E-state index is -0.733. The fraction of sp³-hybridized carbons (Fsp3) is 0.429. The van der Waals surface area contributed by atoms with Crippen LogP contribution in [0.3, 0.4) is 0 Å². The van der Waals surface area contributed by atoms with Crippen molar-refractivity contribution >= 4 is 5.97 Å². The summed E-state index contributed by atoms with van der Waals surface area (Å²) in [5.41, 5.74) is 2.81. The van der Waals surface area contributed by atoms with Gasteiger partial charge in [-0.15, -0.1) is 0 Å². The fourth-order valence-electron chi connectivity index (χ4n) is 2.68. The van der Waals surface area contributed by atoms with E-state index in [1.807, 2.05) is 24.7 Å². The Labute approximate surface area is 116 Å². The highest BCUT2D eigenvalue weighted by molar-refractivity contribution is 5.71. The van der Waals surface area contributed by atoms with Gasteiger partial charge in [0.2, 0.25) is 0 Å². The van der Waals surface area contributed by atoms with E-state index in [2.05, 4.69) is 15.0 Å². The number of carbonyl (C=O) groups is 1. The van der Waals surface area contributed by atoms with Gasteiger partial charge in [0.05, 0.1) is 5.92 Å². The van der Waals surface area contributed by atoms with Crippen molar-refractivity contribution in [3.63, 3.8) is 0 Å². The second-order valence-electron chi connectivity index (χ2n) is 5.20. The van der Waals surface area contributed by atoms with E-state index in [1.165, 1.54) is 0 Å². The van der Waals surface area contributed by atoms with Crippen molar-refractivity contribution in [1.82, 2.24) is 19.5 Å². The Morgan fingerprint density at radius 3 is 2.90 bits per heavy atom. The molecule has 0 saturated heterocycles. The lowest BCUT2D eigenvalue weighted by atomic mass is 9.86. The molecule has 20 heavy (non-hydrogen) atoms. The summed E-state index contributed by atoms with van der Waals surface area (Å²) < 4.78 is 1.88. The Morgan fingerprint density at radius 1 is 1.45 bits per heavy atom. The van der Waals surface area contributed by atoms with Gasteiger partial charge < -0.3 is 9.67 Å². The maximum absolute atomic E-state index is 11.1. The SMILES string of the molecule is Cc1nc(-c2nccn2C)nc2c1CC(C(=O)O)CC2. The van der Waals surface area contributed by atoms with Crippen LogP contribution in [0.15, 0.2) is 12.4 Å². The summed E-state index contributed by atoms with van der Waals surface area (Å²) in [6.07, 6.45) is 5.42. The quantitative estimate of drug-likeness (QED) is 0.893. The molecule has 0 aromatic carbocycles. The zero-order valence-corrected chi connectivity index (χ0v) is 11.5. The van der Waals surface area contributed by atoms with Gasteiger partial charge in [0.25, 0.3) is 0 Å². The lowest BCUT2D eigenvalue weighted by Crippen LogP contribution is -2.24. The molecule has 1 atom stereocenters. The molecular formula is C14H16N4O2. The molecule has 2 aromatic heterocycles. The zero-order chi connectivity index (χ0) is 14.3. The van der Waals surface area contributed by atoms with E-state index in [9.17, 15) is 4.79 Å². The van der Waals surface area contributed by atoms with Crippen LogP contribution in [0.1, 0.15) is 23.4 Å². The van der Waals surface area contributed by atoms with Gasteiger partial charge >= 0.3 is 5.97 Å². The van der Waals surface area contributed by atoms with E-state index < -0.39 is 5.97 Å². The first kappa shape index (κ1) is 12.8. The van der Waals surface area contributed by atoms with Gasteiger partial charge in [0.15, 0.2) is 11.6 Å². The summed E-state index contributed by atoms with van der Waals surface area (Å²) in [4.78, 5) is 24.5. The van der Waals surface area contributed by atoms with E-state index in [4.69, 9.17) is 5.11 Å². The largest absolute Gasteiger partial charge is 0.481 e. The van der Waals surface area contributed by atoms with E-state index in [0.717, 1.165) is 22.8 Å². The second kappa shape index (κ2) is 4.70. The Bertz CT molecular complexity index is 678. The predicted octanol–water partition coefficient (Wildman–Crippen LogP) is 1.38. The first-order valence-electron chi connectivity index (χ1n) is 6.63. The number of carboxylic acid groups (broad SMARTS) is 1. The number of aromatic nitrogens is 4. The highest BCUT2D eigenvalue weighted by Gasteiger charge is 2.27. The van der Waals surface area contributed by atoms with Gasteiger partial charge in [-0.25, -0.2) is 15.0 Å². The highest BCUT2D eigenvalue weighted by Crippen LogP contribution is 2.28. The number of imidazole rings is 1. The van der Waals surface area contributed by atoms with Gasteiger partial charge in [-0.3, -0.25) is 4.79 Å². The molecule has 1 aliphatic rings. The average Bonchev–Trinajstić information content (AvgIpc) is 2.84. The summed E-state index contributed by atoms with van der Waals surface area (Å²) in [7, 11) is 1.90. The van der Waals surface area contributed by atoms with Crippen LogP contribution in [0.4, 0.5) is 0 Å². The number of aryl methyl sites for hydroxylation is 3.